The average Bonchev–Trinajstić information content (AvgIpc) is 3.66. The van der Waals surface area contributed by atoms with Crippen molar-refractivity contribution in [1.82, 2.24) is 4.57 Å². The highest BCUT2D eigenvalue weighted by molar-refractivity contribution is 6.10. The Balaban J connectivity index is 0.918. The Bertz CT molecular complexity index is 3720. The summed E-state index contributed by atoms with van der Waals surface area (Å²) in [5, 5.41) is 6.56. The molecule has 0 amide bonds. The van der Waals surface area contributed by atoms with Gasteiger partial charge < -0.3 is 4.57 Å². The van der Waals surface area contributed by atoms with Crippen LogP contribution >= 0.6 is 0 Å². The predicted octanol–water partition coefficient (Wildman–Crippen LogP) is 17.8. The van der Waals surface area contributed by atoms with Crippen molar-refractivity contribution in [3.8, 4) is 5.69 Å². The summed E-state index contributed by atoms with van der Waals surface area (Å²) in [7, 11) is 0. The predicted molar refractivity (Wildman–Crippen MR) is 297 cm³/mol. The molecule has 1 aliphatic heterocycles. The van der Waals surface area contributed by atoms with Gasteiger partial charge in [-0.2, -0.15) is 0 Å². The van der Waals surface area contributed by atoms with Gasteiger partial charge in [0.05, 0.1) is 16.9 Å². The third-order valence-corrected chi connectivity index (χ3v) is 15.8. The van der Waals surface area contributed by atoms with Gasteiger partial charge in [-0.05, 0) is 154 Å². The fourth-order valence-electron chi connectivity index (χ4n) is 12.5. The van der Waals surface area contributed by atoms with E-state index in [0.717, 1.165) is 62.8 Å². The number of rotatable bonds is 7. The molecule has 0 bridgehead atoms. The fourth-order valence-corrected chi connectivity index (χ4v) is 12.5. The smallest absolute Gasteiger partial charge is 0.0743 e. The third kappa shape index (κ3) is 7.37. The highest BCUT2D eigenvalue weighted by Gasteiger charge is 2.35. The number of allylic oxidation sites excluding steroid dienone is 8. The number of nitrogens with zero attached hydrogens (tertiary/aromatic N) is 2. The SMILES string of the molecule is CCC1=C(c2ccc3c([C@@H]4CCC5=Cc6c(c7ccc8ccccc8c7n6-c6ccccc6)CC5c5ccccc54)cccc3c2)N=C(c2cccc(C3=CC=CCC3)c2)CCC=C1c1ccccc1. The zero-order valence-electron chi connectivity index (χ0n) is 39.9. The first-order valence-electron chi connectivity index (χ1n) is 25.6. The molecule has 70 heavy (non-hydrogen) atoms. The Morgan fingerprint density at radius 3 is 2.13 bits per heavy atom. The molecule has 3 aliphatic carbocycles. The summed E-state index contributed by atoms with van der Waals surface area (Å²) in [5.41, 5.74) is 22.4. The standard InChI is InChI=1S/C68H56N2/c1-2-54-55(46-21-8-4-9-22-46)32-18-34-65(51-26-16-24-48(41-51)45-19-6-3-7-20-45)69-67(54)52-37-38-56-49(42-52)25-17-33-58(56)61-39-36-50-43-66-64(44-63(50)60-31-15-14-30-59(60)61)62-40-35-47-23-12-13-29-57(47)68(62)70(66)53-27-10-5-11-28-53/h3-6,8-17,19,21-33,35,37-38,40-43,61,63H,2,7,18,20,34,36,39,44H2,1H3/t61-,63?/m0/s1. The van der Waals surface area contributed by atoms with Gasteiger partial charge in [0, 0.05) is 39.6 Å². The molecule has 2 nitrogen and oxygen atoms in total. The zero-order chi connectivity index (χ0) is 46.5. The van der Waals surface area contributed by atoms with E-state index in [9.17, 15) is 0 Å². The number of benzene rings is 8. The minimum atomic E-state index is 0.264. The highest BCUT2D eigenvalue weighted by atomic mass is 15.0. The van der Waals surface area contributed by atoms with Crippen molar-refractivity contribution in [2.24, 2.45) is 4.99 Å². The van der Waals surface area contributed by atoms with Crippen LogP contribution in [0.5, 0.6) is 0 Å². The number of fused-ring (bicyclic) bond motifs is 9. The van der Waals surface area contributed by atoms with Gasteiger partial charge in [0.15, 0.2) is 0 Å². The molecule has 0 fully saturated rings. The molecule has 1 unspecified atom stereocenters. The van der Waals surface area contributed by atoms with Crippen LogP contribution in [0.4, 0.5) is 0 Å². The molecule has 0 radical (unpaired) electrons. The van der Waals surface area contributed by atoms with Gasteiger partial charge in [-0.15, -0.1) is 0 Å². The second-order valence-electron chi connectivity index (χ2n) is 19.7. The van der Waals surface area contributed by atoms with Crippen LogP contribution in [-0.4, -0.2) is 10.3 Å². The lowest BCUT2D eigenvalue weighted by Gasteiger charge is -2.26. The van der Waals surface area contributed by atoms with Gasteiger partial charge in [0.2, 0.25) is 0 Å². The molecule has 13 rings (SSSR count). The number of aliphatic imine (C=N–C) groups is 1. The van der Waals surface area contributed by atoms with E-state index >= 15 is 0 Å². The van der Waals surface area contributed by atoms with Crippen LogP contribution in [0, 0.1) is 0 Å². The molecule has 0 saturated heterocycles. The second kappa shape index (κ2) is 17.9. The Morgan fingerprint density at radius 2 is 1.29 bits per heavy atom. The summed E-state index contributed by atoms with van der Waals surface area (Å²) in [6, 6.07) is 68.4. The topological polar surface area (TPSA) is 17.3 Å². The molecule has 0 saturated carbocycles. The van der Waals surface area contributed by atoms with E-state index < -0.39 is 0 Å². The Kier molecular flexibility index (Phi) is 10.8. The maximum absolute atomic E-state index is 5.78. The van der Waals surface area contributed by atoms with E-state index in [4.69, 9.17) is 4.99 Å². The van der Waals surface area contributed by atoms with Crippen molar-refractivity contribution in [3.05, 3.63) is 268 Å². The molecule has 2 atom stereocenters. The molecule has 9 aromatic rings. The first-order valence-corrected chi connectivity index (χ1v) is 25.6. The molecule has 338 valence electrons. The molecule has 4 aliphatic rings. The van der Waals surface area contributed by atoms with E-state index in [1.165, 1.54) is 105 Å². The van der Waals surface area contributed by atoms with Crippen molar-refractivity contribution in [2.45, 2.75) is 70.1 Å². The lowest BCUT2D eigenvalue weighted by Crippen LogP contribution is -2.13. The zero-order valence-corrected chi connectivity index (χ0v) is 39.9. The summed E-state index contributed by atoms with van der Waals surface area (Å²) < 4.78 is 2.55. The van der Waals surface area contributed by atoms with Gasteiger partial charge >= 0.3 is 0 Å². The normalized spacial score (nSPS) is 18.0. The maximum atomic E-state index is 5.78. The molecule has 0 N–H and O–H groups in total. The van der Waals surface area contributed by atoms with Crippen LogP contribution in [-0.2, 0) is 6.42 Å². The van der Waals surface area contributed by atoms with Crippen LogP contribution in [0.25, 0.3) is 61.1 Å². The van der Waals surface area contributed by atoms with Crippen molar-refractivity contribution in [2.75, 3.05) is 0 Å². The summed E-state index contributed by atoms with van der Waals surface area (Å²) >= 11 is 0. The lowest BCUT2D eigenvalue weighted by atomic mass is 9.78. The maximum Gasteiger partial charge on any atom is 0.0743 e. The van der Waals surface area contributed by atoms with E-state index in [1.807, 2.05) is 0 Å². The van der Waals surface area contributed by atoms with Crippen LogP contribution < -0.4 is 0 Å². The molecule has 0 spiro atoms. The molecule has 1 aromatic heterocycles. The number of aromatic nitrogens is 1. The highest BCUT2D eigenvalue weighted by Crippen LogP contribution is 2.51. The minimum Gasteiger partial charge on any atom is -0.309 e. The number of hydrogen-bond donors (Lipinski definition) is 0. The van der Waals surface area contributed by atoms with Gasteiger partial charge in [0.1, 0.15) is 0 Å². The van der Waals surface area contributed by atoms with Crippen LogP contribution in [0.1, 0.15) is 114 Å². The summed E-state index contributed by atoms with van der Waals surface area (Å²) in [4.78, 5) is 5.78. The average molecular weight is 901 g/mol. The molecule has 8 aromatic carbocycles. The van der Waals surface area contributed by atoms with Crippen molar-refractivity contribution in [3.63, 3.8) is 0 Å². The van der Waals surface area contributed by atoms with Gasteiger partial charge in [0.25, 0.3) is 0 Å². The Hall–Kier alpha value is -7.81. The van der Waals surface area contributed by atoms with Crippen LogP contribution in [0.2, 0.25) is 0 Å². The summed E-state index contributed by atoms with van der Waals surface area (Å²) in [6.07, 6.45) is 19.8. The van der Waals surface area contributed by atoms with Crippen molar-refractivity contribution in [1.29, 1.82) is 0 Å². The van der Waals surface area contributed by atoms with Crippen molar-refractivity contribution >= 4 is 61.1 Å². The quantitative estimate of drug-likeness (QED) is 0.152. The second-order valence-corrected chi connectivity index (χ2v) is 19.7. The van der Waals surface area contributed by atoms with Gasteiger partial charge in [-0.3, -0.25) is 4.99 Å². The van der Waals surface area contributed by atoms with E-state index in [0.29, 0.717) is 5.92 Å². The van der Waals surface area contributed by atoms with E-state index in [1.54, 1.807) is 5.57 Å². The summed E-state index contributed by atoms with van der Waals surface area (Å²) in [5.74, 6) is 0.589. The van der Waals surface area contributed by atoms with Crippen LogP contribution in [0.3, 0.4) is 0 Å². The van der Waals surface area contributed by atoms with Gasteiger partial charge in [-0.25, -0.2) is 0 Å². The third-order valence-electron chi connectivity index (χ3n) is 15.8. The van der Waals surface area contributed by atoms with Crippen LogP contribution in [0.15, 0.2) is 222 Å². The molecule has 2 heterocycles. The fraction of sp³-hybridized carbons (Fsp3) is 0.162. The van der Waals surface area contributed by atoms with Crippen molar-refractivity contribution < 1.29 is 0 Å². The van der Waals surface area contributed by atoms with E-state index in [2.05, 4.69) is 224 Å². The first-order chi connectivity index (χ1) is 34.7. The molecular weight excluding hydrogens is 845 g/mol. The monoisotopic (exact) mass is 900 g/mol. The van der Waals surface area contributed by atoms with Gasteiger partial charge in [-0.1, -0.05) is 195 Å². The Morgan fingerprint density at radius 1 is 0.557 bits per heavy atom. The number of para-hydroxylation sites is 1. The first kappa shape index (κ1) is 42.3. The lowest BCUT2D eigenvalue weighted by molar-refractivity contribution is 0.704. The van der Waals surface area contributed by atoms with E-state index in [-0.39, 0.29) is 5.92 Å². The largest absolute Gasteiger partial charge is 0.309 e. The molecule has 2 heteroatoms. The number of hydrogen-bond acceptors (Lipinski definition) is 1. The molecular formula is C68H56N2. The minimum absolute atomic E-state index is 0.264. The summed E-state index contributed by atoms with van der Waals surface area (Å²) in [6.45, 7) is 2.30. The Labute approximate surface area is 412 Å².